The Bertz CT molecular complexity index is 3040. The Labute approximate surface area is 319 Å². The van der Waals surface area contributed by atoms with Gasteiger partial charge < -0.3 is 4.74 Å². The monoisotopic (exact) mass is 696 g/mol. The molecule has 9 aromatic carbocycles. The molecule has 0 atom stereocenters. The SMILES string of the molecule is c1ccc2c(c1)-c1ccccc1C21c2cc(-c3ccc4c(c3)C3(c5ccccc5-c5ccccc53)c3ccccc3-4)ccc2Oc2cc3ccccc3cc21. The van der Waals surface area contributed by atoms with Crippen LogP contribution in [0.25, 0.3) is 55.3 Å². The lowest BCUT2D eigenvalue weighted by Gasteiger charge is -2.40. The van der Waals surface area contributed by atoms with E-state index in [4.69, 9.17) is 4.74 Å². The molecular formula is C54H32O. The zero-order valence-corrected chi connectivity index (χ0v) is 29.9. The third-order valence-electron chi connectivity index (χ3n) is 13.1. The summed E-state index contributed by atoms with van der Waals surface area (Å²) < 4.78 is 6.96. The van der Waals surface area contributed by atoms with Gasteiger partial charge in [0.2, 0.25) is 0 Å². The lowest BCUT2D eigenvalue weighted by molar-refractivity contribution is 0.437. The van der Waals surface area contributed by atoms with Crippen molar-refractivity contribution in [1.29, 1.82) is 0 Å². The Hall–Kier alpha value is -6.96. The van der Waals surface area contributed by atoms with Gasteiger partial charge in [0.1, 0.15) is 11.5 Å². The van der Waals surface area contributed by atoms with Gasteiger partial charge in [0.25, 0.3) is 0 Å². The molecule has 0 amide bonds. The Morgan fingerprint density at radius 1 is 0.255 bits per heavy atom. The number of hydrogen-bond acceptors (Lipinski definition) is 1. The molecule has 13 rings (SSSR count). The van der Waals surface area contributed by atoms with Crippen LogP contribution >= 0.6 is 0 Å². The molecule has 3 aliphatic carbocycles. The fraction of sp³-hybridized carbons (Fsp3) is 0.0370. The molecule has 0 saturated heterocycles. The molecule has 9 aromatic rings. The molecule has 2 spiro atoms. The molecule has 0 radical (unpaired) electrons. The lowest BCUT2D eigenvalue weighted by atomic mass is 9.65. The van der Waals surface area contributed by atoms with Gasteiger partial charge in [0, 0.05) is 11.1 Å². The largest absolute Gasteiger partial charge is 0.457 e. The summed E-state index contributed by atoms with van der Waals surface area (Å²) in [6.45, 7) is 0. The van der Waals surface area contributed by atoms with Crippen LogP contribution in [-0.4, -0.2) is 0 Å². The summed E-state index contributed by atoms with van der Waals surface area (Å²) in [6.07, 6.45) is 0. The number of benzene rings is 9. The maximum absolute atomic E-state index is 6.96. The first-order valence-corrected chi connectivity index (χ1v) is 19.3. The number of ether oxygens (including phenoxy) is 1. The minimum Gasteiger partial charge on any atom is -0.457 e. The Kier molecular flexibility index (Phi) is 5.56. The van der Waals surface area contributed by atoms with Crippen molar-refractivity contribution in [2.45, 2.75) is 10.8 Å². The van der Waals surface area contributed by atoms with Gasteiger partial charge in [-0.2, -0.15) is 0 Å². The van der Waals surface area contributed by atoms with Gasteiger partial charge >= 0.3 is 0 Å². The van der Waals surface area contributed by atoms with Gasteiger partial charge in [0.15, 0.2) is 0 Å². The van der Waals surface area contributed by atoms with E-state index in [-0.39, 0.29) is 0 Å². The van der Waals surface area contributed by atoms with Crippen molar-refractivity contribution in [1.82, 2.24) is 0 Å². The summed E-state index contributed by atoms with van der Waals surface area (Å²) in [4.78, 5) is 0. The van der Waals surface area contributed by atoms with Gasteiger partial charge in [-0.3, -0.25) is 0 Å². The summed E-state index contributed by atoms with van der Waals surface area (Å²) in [7, 11) is 0. The van der Waals surface area contributed by atoms with Crippen molar-refractivity contribution in [3.05, 3.63) is 239 Å². The second kappa shape index (κ2) is 10.4. The summed E-state index contributed by atoms with van der Waals surface area (Å²) in [5, 5.41) is 2.39. The molecule has 1 aliphatic heterocycles. The van der Waals surface area contributed by atoms with Crippen LogP contribution in [0.1, 0.15) is 44.5 Å². The standard InChI is InChI=1S/C54H32O/c1-2-14-34-32-52-50(30-33(34)13-1)54(46-23-11-5-17-39(46)40-18-6-12-24-47(40)54)49-31-36(26-28-51(49)55-52)35-25-27-42-41-19-7-10-22-45(41)53(48(42)29-35)43-20-8-3-15-37(43)38-16-4-9-21-44(38)53/h1-32H. The molecular weight excluding hydrogens is 665 g/mol. The van der Waals surface area contributed by atoms with E-state index in [0.717, 1.165) is 11.5 Å². The maximum atomic E-state index is 6.96. The summed E-state index contributed by atoms with van der Waals surface area (Å²) >= 11 is 0. The summed E-state index contributed by atoms with van der Waals surface area (Å²) in [5.41, 5.74) is 19.7. The van der Waals surface area contributed by atoms with E-state index >= 15 is 0 Å². The highest BCUT2D eigenvalue weighted by Gasteiger charge is 2.53. The lowest BCUT2D eigenvalue weighted by Crippen LogP contribution is -2.32. The van der Waals surface area contributed by atoms with Crippen molar-refractivity contribution in [2.75, 3.05) is 0 Å². The predicted molar refractivity (Wildman–Crippen MR) is 223 cm³/mol. The molecule has 1 heteroatoms. The van der Waals surface area contributed by atoms with Crippen LogP contribution in [0.15, 0.2) is 194 Å². The quantitative estimate of drug-likeness (QED) is 0.166. The van der Waals surface area contributed by atoms with E-state index in [0.29, 0.717) is 0 Å². The van der Waals surface area contributed by atoms with Crippen LogP contribution in [0, 0.1) is 0 Å². The van der Waals surface area contributed by atoms with Crippen LogP contribution in [0.3, 0.4) is 0 Å². The zero-order chi connectivity index (χ0) is 35.9. The van der Waals surface area contributed by atoms with Gasteiger partial charge in [-0.05, 0) is 119 Å². The fourth-order valence-electron chi connectivity index (χ4n) is 11.0. The molecule has 0 saturated carbocycles. The minimum atomic E-state index is -0.548. The fourth-order valence-corrected chi connectivity index (χ4v) is 11.0. The summed E-state index contributed by atoms with van der Waals surface area (Å²) in [6, 6.07) is 72.5. The predicted octanol–water partition coefficient (Wildman–Crippen LogP) is 13.3. The maximum Gasteiger partial charge on any atom is 0.132 e. The number of hydrogen-bond donors (Lipinski definition) is 0. The molecule has 4 aliphatic rings. The first-order chi connectivity index (χ1) is 27.3. The van der Waals surface area contributed by atoms with E-state index in [1.165, 1.54) is 99.8 Å². The van der Waals surface area contributed by atoms with E-state index in [9.17, 15) is 0 Å². The third kappa shape index (κ3) is 3.50. The highest BCUT2D eigenvalue weighted by Crippen LogP contribution is 2.65. The molecule has 0 N–H and O–H groups in total. The number of fused-ring (bicyclic) bond motifs is 20. The number of rotatable bonds is 1. The van der Waals surface area contributed by atoms with Crippen LogP contribution < -0.4 is 4.74 Å². The molecule has 1 heterocycles. The molecule has 0 bridgehead atoms. The van der Waals surface area contributed by atoms with Crippen LogP contribution in [0.5, 0.6) is 11.5 Å². The van der Waals surface area contributed by atoms with Gasteiger partial charge in [-0.1, -0.05) is 164 Å². The second-order valence-electron chi connectivity index (χ2n) is 15.5. The Morgan fingerprint density at radius 2 is 0.618 bits per heavy atom. The highest BCUT2D eigenvalue weighted by atomic mass is 16.5. The first kappa shape index (κ1) is 29.5. The normalized spacial score (nSPS) is 15.0. The van der Waals surface area contributed by atoms with Gasteiger partial charge in [-0.25, -0.2) is 0 Å². The average Bonchev–Trinajstić information content (AvgIpc) is 3.83. The van der Waals surface area contributed by atoms with Crippen molar-refractivity contribution in [3.8, 4) is 56.0 Å². The van der Waals surface area contributed by atoms with E-state index < -0.39 is 10.8 Å². The Balaban J connectivity index is 1.09. The topological polar surface area (TPSA) is 9.23 Å². The van der Waals surface area contributed by atoms with Gasteiger partial charge in [0.05, 0.1) is 10.8 Å². The van der Waals surface area contributed by atoms with Crippen LogP contribution in [0.4, 0.5) is 0 Å². The van der Waals surface area contributed by atoms with Gasteiger partial charge in [-0.15, -0.1) is 0 Å². The van der Waals surface area contributed by atoms with E-state index in [1.54, 1.807) is 0 Å². The molecule has 254 valence electrons. The van der Waals surface area contributed by atoms with Crippen LogP contribution in [0.2, 0.25) is 0 Å². The molecule has 0 aromatic heterocycles. The van der Waals surface area contributed by atoms with Crippen molar-refractivity contribution < 1.29 is 4.74 Å². The second-order valence-corrected chi connectivity index (χ2v) is 15.5. The Morgan fingerprint density at radius 3 is 1.13 bits per heavy atom. The van der Waals surface area contributed by atoms with E-state index in [2.05, 4.69) is 194 Å². The molecule has 55 heavy (non-hydrogen) atoms. The molecule has 0 unspecified atom stereocenters. The minimum absolute atomic E-state index is 0.392. The van der Waals surface area contributed by atoms with Crippen molar-refractivity contribution in [3.63, 3.8) is 0 Å². The average molecular weight is 697 g/mol. The van der Waals surface area contributed by atoms with Crippen LogP contribution in [-0.2, 0) is 10.8 Å². The summed E-state index contributed by atoms with van der Waals surface area (Å²) in [5.74, 6) is 1.82. The molecule has 0 fully saturated rings. The third-order valence-corrected chi connectivity index (χ3v) is 13.1. The first-order valence-electron chi connectivity index (χ1n) is 19.3. The highest BCUT2D eigenvalue weighted by molar-refractivity contribution is 5.97. The van der Waals surface area contributed by atoms with Crippen molar-refractivity contribution in [2.24, 2.45) is 0 Å². The smallest absolute Gasteiger partial charge is 0.132 e. The molecule has 1 nitrogen and oxygen atoms in total. The van der Waals surface area contributed by atoms with Crippen molar-refractivity contribution >= 4 is 10.8 Å². The van der Waals surface area contributed by atoms with E-state index in [1.807, 2.05) is 0 Å². The zero-order valence-electron chi connectivity index (χ0n) is 29.9.